The number of hydrogen-bond donors (Lipinski definition) is 0. The van der Waals surface area contributed by atoms with Crippen LogP contribution >= 0.6 is 0 Å². The van der Waals surface area contributed by atoms with Crippen LogP contribution in [0.25, 0.3) is 16.7 Å². The van der Waals surface area contributed by atoms with E-state index >= 15 is 0 Å². The van der Waals surface area contributed by atoms with Gasteiger partial charge < -0.3 is 4.57 Å². The van der Waals surface area contributed by atoms with Crippen LogP contribution in [0.1, 0.15) is 45.4 Å². The summed E-state index contributed by atoms with van der Waals surface area (Å²) in [5, 5.41) is 0. The van der Waals surface area contributed by atoms with Crippen molar-refractivity contribution in [1.82, 2.24) is 19.5 Å². The molecule has 0 spiro atoms. The molecule has 2 rings (SSSR count). The third-order valence-corrected chi connectivity index (χ3v) is 3.02. The van der Waals surface area contributed by atoms with E-state index in [1.54, 1.807) is 12.5 Å². The Kier molecular flexibility index (Phi) is 4.07. The van der Waals surface area contributed by atoms with Crippen LogP contribution in [0.2, 0.25) is 0 Å². The lowest BCUT2D eigenvalue weighted by Gasteiger charge is -2.06. The highest BCUT2D eigenvalue weighted by Crippen LogP contribution is 2.22. The molecular weight excluding hydrogens is 224 g/mol. The first-order valence-electron chi connectivity index (χ1n) is 6.59. The van der Waals surface area contributed by atoms with Crippen molar-refractivity contribution >= 4 is 16.7 Å². The highest BCUT2D eigenvalue weighted by Gasteiger charge is 2.12. The maximum atomic E-state index is 4.65. The van der Waals surface area contributed by atoms with Crippen molar-refractivity contribution in [3.05, 3.63) is 24.4 Å². The summed E-state index contributed by atoms with van der Waals surface area (Å²) in [5.41, 5.74) is 3.09. The van der Waals surface area contributed by atoms with Gasteiger partial charge in [0.1, 0.15) is 17.7 Å². The van der Waals surface area contributed by atoms with E-state index in [0.717, 1.165) is 42.7 Å². The number of rotatable bonds is 5. The predicted molar refractivity (Wildman–Crippen MR) is 74.1 cm³/mol. The topological polar surface area (TPSA) is 43.6 Å². The van der Waals surface area contributed by atoms with E-state index in [1.165, 1.54) is 5.57 Å². The zero-order valence-electron chi connectivity index (χ0n) is 11.3. The molecule has 0 saturated carbocycles. The summed E-state index contributed by atoms with van der Waals surface area (Å²) >= 11 is 0. The quantitative estimate of drug-likeness (QED) is 0.810. The lowest BCUT2D eigenvalue weighted by atomic mass is 10.1. The molecule has 0 amide bonds. The molecule has 0 aromatic carbocycles. The van der Waals surface area contributed by atoms with Crippen LogP contribution in [0, 0.1) is 0 Å². The Morgan fingerprint density at radius 1 is 1.33 bits per heavy atom. The van der Waals surface area contributed by atoms with Gasteiger partial charge in [-0.05, 0) is 18.4 Å². The number of hydrogen-bond acceptors (Lipinski definition) is 3. The average molecular weight is 244 g/mol. The molecule has 4 heteroatoms. The maximum Gasteiger partial charge on any atom is 0.163 e. The van der Waals surface area contributed by atoms with Crippen molar-refractivity contribution in [3.8, 4) is 0 Å². The fraction of sp³-hybridized carbons (Fsp3) is 0.500. The van der Waals surface area contributed by atoms with Gasteiger partial charge >= 0.3 is 0 Å². The third kappa shape index (κ3) is 2.42. The SMILES string of the molecule is CCC/C=C(/CCC)c1nc2cncnc2n1C. The first-order chi connectivity index (χ1) is 8.77. The number of unbranched alkanes of at least 4 members (excludes halogenated alkanes) is 1. The summed E-state index contributed by atoms with van der Waals surface area (Å²) in [5.74, 6) is 1.03. The average Bonchev–Trinajstić information content (AvgIpc) is 2.73. The molecule has 96 valence electrons. The number of allylic oxidation sites excluding steroid dienone is 2. The van der Waals surface area contributed by atoms with Crippen LogP contribution in [-0.4, -0.2) is 19.5 Å². The highest BCUT2D eigenvalue weighted by molar-refractivity contribution is 5.75. The van der Waals surface area contributed by atoms with Gasteiger partial charge in [0.05, 0.1) is 6.20 Å². The van der Waals surface area contributed by atoms with Crippen molar-refractivity contribution in [2.24, 2.45) is 7.05 Å². The summed E-state index contributed by atoms with van der Waals surface area (Å²) in [6.45, 7) is 4.39. The van der Waals surface area contributed by atoms with Gasteiger partial charge in [-0.3, -0.25) is 0 Å². The first kappa shape index (κ1) is 12.7. The fourth-order valence-electron chi connectivity index (χ4n) is 2.12. The summed E-state index contributed by atoms with van der Waals surface area (Å²) in [7, 11) is 2.02. The number of aryl methyl sites for hydroxylation is 1. The van der Waals surface area contributed by atoms with Crippen molar-refractivity contribution in [2.45, 2.75) is 39.5 Å². The molecule has 0 saturated heterocycles. The molecule has 0 radical (unpaired) electrons. The van der Waals surface area contributed by atoms with Crippen LogP contribution in [0.15, 0.2) is 18.6 Å². The first-order valence-corrected chi connectivity index (χ1v) is 6.59. The van der Waals surface area contributed by atoms with Crippen molar-refractivity contribution < 1.29 is 0 Å². The molecule has 0 aliphatic heterocycles. The Morgan fingerprint density at radius 2 is 2.17 bits per heavy atom. The maximum absolute atomic E-state index is 4.65. The summed E-state index contributed by atoms with van der Waals surface area (Å²) < 4.78 is 2.06. The molecule has 0 aliphatic rings. The molecule has 0 N–H and O–H groups in total. The van der Waals surface area contributed by atoms with E-state index in [2.05, 4.69) is 39.4 Å². The Labute approximate surface area is 108 Å². The van der Waals surface area contributed by atoms with Gasteiger partial charge in [-0.1, -0.05) is 32.8 Å². The standard InChI is InChI=1S/C14H20N4/c1-4-6-8-11(7-5-2)13-17-12-9-15-10-16-14(12)18(13)3/h8-10H,4-7H2,1-3H3/b11-8-. The van der Waals surface area contributed by atoms with E-state index in [-0.39, 0.29) is 0 Å². The normalized spacial score (nSPS) is 12.3. The fourth-order valence-corrected chi connectivity index (χ4v) is 2.12. The van der Waals surface area contributed by atoms with Gasteiger partial charge in [0.25, 0.3) is 0 Å². The Hall–Kier alpha value is -1.71. The van der Waals surface area contributed by atoms with E-state index in [1.807, 2.05) is 7.05 Å². The molecule has 0 atom stereocenters. The minimum atomic E-state index is 0.869. The molecular formula is C14H20N4. The second kappa shape index (κ2) is 5.76. The molecule has 0 aliphatic carbocycles. The number of aromatic nitrogens is 4. The Balaban J connectivity index is 2.47. The van der Waals surface area contributed by atoms with Gasteiger partial charge in [-0.25, -0.2) is 15.0 Å². The third-order valence-electron chi connectivity index (χ3n) is 3.02. The summed E-state index contributed by atoms with van der Waals surface area (Å²) in [4.78, 5) is 13.0. The van der Waals surface area contributed by atoms with E-state index < -0.39 is 0 Å². The van der Waals surface area contributed by atoms with Gasteiger partial charge in [-0.2, -0.15) is 0 Å². The zero-order valence-corrected chi connectivity index (χ0v) is 11.3. The van der Waals surface area contributed by atoms with Gasteiger partial charge in [-0.15, -0.1) is 0 Å². The van der Waals surface area contributed by atoms with Crippen molar-refractivity contribution in [3.63, 3.8) is 0 Å². The monoisotopic (exact) mass is 244 g/mol. The van der Waals surface area contributed by atoms with Crippen LogP contribution in [0.4, 0.5) is 0 Å². The lowest BCUT2D eigenvalue weighted by Crippen LogP contribution is -1.98. The number of imidazole rings is 1. The molecule has 0 unspecified atom stereocenters. The molecule has 2 heterocycles. The van der Waals surface area contributed by atoms with E-state index in [9.17, 15) is 0 Å². The van der Waals surface area contributed by atoms with Crippen LogP contribution in [-0.2, 0) is 7.05 Å². The van der Waals surface area contributed by atoms with Crippen LogP contribution in [0.5, 0.6) is 0 Å². The number of fused-ring (bicyclic) bond motifs is 1. The smallest absolute Gasteiger partial charge is 0.163 e. The van der Waals surface area contributed by atoms with Crippen molar-refractivity contribution in [1.29, 1.82) is 0 Å². The minimum Gasteiger partial charge on any atom is -0.312 e. The van der Waals surface area contributed by atoms with Gasteiger partial charge in [0.15, 0.2) is 5.65 Å². The Morgan fingerprint density at radius 3 is 2.83 bits per heavy atom. The van der Waals surface area contributed by atoms with Crippen LogP contribution in [0.3, 0.4) is 0 Å². The zero-order chi connectivity index (χ0) is 13.0. The highest BCUT2D eigenvalue weighted by atomic mass is 15.1. The number of nitrogens with zero attached hydrogens (tertiary/aromatic N) is 4. The van der Waals surface area contributed by atoms with Crippen molar-refractivity contribution in [2.75, 3.05) is 0 Å². The molecule has 18 heavy (non-hydrogen) atoms. The second-order valence-corrected chi connectivity index (χ2v) is 4.49. The summed E-state index contributed by atoms with van der Waals surface area (Å²) in [6, 6.07) is 0. The molecule has 2 aromatic rings. The van der Waals surface area contributed by atoms with E-state index in [0.29, 0.717) is 0 Å². The van der Waals surface area contributed by atoms with Crippen LogP contribution < -0.4 is 0 Å². The van der Waals surface area contributed by atoms with Gasteiger partial charge in [0.2, 0.25) is 0 Å². The van der Waals surface area contributed by atoms with E-state index in [4.69, 9.17) is 0 Å². The second-order valence-electron chi connectivity index (χ2n) is 4.49. The van der Waals surface area contributed by atoms with Gasteiger partial charge in [0, 0.05) is 7.05 Å². The summed E-state index contributed by atoms with van der Waals surface area (Å²) in [6.07, 6.45) is 10.1. The molecule has 0 fully saturated rings. The lowest BCUT2D eigenvalue weighted by molar-refractivity contribution is 0.866. The minimum absolute atomic E-state index is 0.869. The largest absolute Gasteiger partial charge is 0.312 e. The molecule has 2 aromatic heterocycles. The molecule has 4 nitrogen and oxygen atoms in total. The predicted octanol–water partition coefficient (Wildman–Crippen LogP) is 3.35. The Bertz CT molecular complexity index is 554. The molecule has 0 bridgehead atoms.